The predicted molar refractivity (Wildman–Crippen MR) is 80.6 cm³/mol. The third-order valence-corrected chi connectivity index (χ3v) is 5.14. The lowest BCUT2D eigenvalue weighted by Crippen LogP contribution is -2.65. The zero-order chi connectivity index (χ0) is 14.2. The lowest BCUT2D eigenvalue weighted by molar-refractivity contribution is -0.126. The molecule has 1 aromatic carbocycles. The summed E-state index contributed by atoms with van der Waals surface area (Å²) in [4.78, 5) is 15.0. The van der Waals surface area contributed by atoms with Crippen molar-refractivity contribution in [3.63, 3.8) is 0 Å². The summed E-state index contributed by atoms with van der Waals surface area (Å²) in [6.07, 6.45) is 2.44. The minimum atomic E-state index is -0.0801. The van der Waals surface area contributed by atoms with Crippen LogP contribution in [-0.4, -0.2) is 36.0 Å². The Morgan fingerprint density at radius 1 is 1.30 bits per heavy atom. The van der Waals surface area contributed by atoms with Crippen molar-refractivity contribution in [2.45, 2.75) is 38.1 Å². The lowest BCUT2D eigenvalue weighted by Gasteiger charge is -2.52. The molecule has 3 aliphatic heterocycles. The normalized spacial score (nSPS) is 33.7. The third kappa shape index (κ3) is 2.47. The first kappa shape index (κ1) is 13.6. The fraction of sp³-hybridized carbons (Fsp3) is 0.588. The molecule has 3 nitrogen and oxygen atoms in total. The number of hydrogen-bond donors (Lipinski definition) is 1. The van der Waals surface area contributed by atoms with Gasteiger partial charge in [-0.25, -0.2) is 0 Å². The van der Waals surface area contributed by atoms with Crippen LogP contribution in [0.3, 0.4) is 0 Å². The van der Waals surface area contributed by atoms with E-state index in [4.69, 9.17) is 0 Å². The maximum atomic E-state index is 12.6. The highest BCUT2D eigenvalue weighted by Gasteiger charge is 2.44. The zero-order valence-corrected chi connectivity index (χ0v) is 12.4. The Bertz CT molecular complexity index is 479. The van der Waals surface area contributed by atoms with Gasteiger partial charge in [-0.15, -0.1) is 0 Å². The first-order chi connectivity index (χ1) is 9.58. The number of piperidine rings is 3. The lowest BCUT2D eigenvalue weighted by atomic mass is 9.73. The van der Waals surface area contributed by atoms with Gasteiger partial charge in [0.05, 0.1) is 11.5 Å². The molecule has 20 heavy (non-hydrogen) atoms. The van der Waals surface area contributed by atoms with E-state index in [0.717, 1.165) is 12.1 Å². The second-order valence-corrected chi connectivity index (χ2v) is 6.59. The van der Waals surface area contributed by atoms with Gasteiger partial charge in [-0.3, -0.25) is 4.79 Å². The van der Waals surface area contributed by atoms with Crippen LogP contribution >= 0.6 is 0 Å². The van der Waals surface area contributed by atoms with Crippen LogP contribution < -0.4 is 5.32 Å². The zero-order valence-electron chi connectivity index (χ0n) is 12.4. The van der Waals surface area contributed by atoms with Gasteiger partial charge in [0.2, 0.25) is 5.91 Å². The number of rotatable bonds is 3. The van der Waals surface area contributed by atoms with Crippen molar-refractivity contribution in [3.8, 4) is 0 Å². The molecule has 3 heterocycles. The number of nitrogens with one attached hydrogen (secondary N) is 1. The summed E-state index contributed by atoms with van der Waals surface area (Å²) in [5.74, 6) is 0.718. The molecule has 4 rings (SSSR count). The molecule has 2 atom stereocenters. The molecular weight excluding hydrogens is 248 g/mol. The Kier molecular flexibility index (Phi) is 3.55. The van der Waals surface area contributed by atoms with Crippen LogP contribution in [0.1, 0.15) is 38.2 Å². The Hall–Kier alpha value is -1.35. The van der Waals surface area contributed by atoms with Gasteiger partial charge < -0.3 is 10.2 Å². The number of hydrogen-bond acceptors (Lipinski definition) is 2. The Morgan fingerprint density at radius 2 is 1.95 bits per heavy atom. The minimum absolute atomic E-state index is 0.0450. The number of nitrogens with zero attached hydrogens (tertiary/aromatic N) is 1. The second-order valence-electron chi connectivity index (χ2n) is 6.59. The Balaban J connectivity index is 1.70. The highest BCUT2D eigenvalue weighted by molar-refractivity contribution is 5.84. The predicted octanol–water partition coefficient (Wildman–Crippen LogP) is 2.39. The molecule has 0 radical (unpaired) electrons. The summed E-state index contributed by atoms with van der Waals surface area (Å²) in [6.45, 7) is 7.62. The Morgan fingerprint density at radius 3 is 2.50 bits per heavy atom. The molecule has 3 aliphatic rings. The molecule has 3 fully saturated rings. The second kappa shape index (κ2) is 5.21. The topological polar surface area (TPSA) is 32.3 Å². The summed E-state index contributed by atoms with van der Waals surface area (Å²) in [6, 6.07) is 10.0. The van der Waals surface area contributed by atoms with Gasteiger partial charge in [0, 0.05) is 6.54 Å². The van der Waals surface area contributed by atoms with Gasteiger partial charge in [-0.2, -0.15) is 0 Å². The SMILES string of the molecule is CC(C(=O)NC1(C)CN2CCC1CC2)c1ccccc1. The minimum Gasteiger partial charge on any atom is -0.349 e. The summed E-state index contributed by atoms with van der Waals surface area (Å²) < 4.78 is 0. The van der Waals surface area contributed by atoms with Crippen LogP contribution in [0.15, 0.2) is 30.3 Å². The van der Waals surface area contributed by atoms with Crippen LogP contribution in [-0.2, 0) is 4.79 Å². The fourth-order valence-electron chi connectivity index (χ4n) is 3.75. The summed E-state index contributed by atoms with van der Waals surface area (Å²) in [5, 5.41) is 3.34. The monoisotopic (exact) mass is 272 g/mol. The van der Waals surface area contributed by atoms with E-state index in [2.05, 4.69) is 17.1 Å². The Labute approximate surface area is 121 Å². The molecule has 1 N–H and O–H groups in total. The summed E-state index contributed by atoms with van der Waals surface area (Å²) in [7, 11) is 0. The average Bonchev–Trinajstić information content (AvgIpc) is 2.48. The van der Waals surface area contributed by atoms with Crippen LogP contribution in [0.5, 0.6) is 0 Å². The van der Waals surface area contributed by atoms with Gasteiger partial charge in [-0.1, -0.05) is 30.3 Å². The van der Waals surface area contributed by atoms with E-state index in [1.807, 2.05) is 37.3 Å². The first-order valence-corrected chi connectivity index (χ1v) is 7.68. The van der Waals surface area contributed by atoms with Gasteiger partial charge >= 0.3 is 0 Å². The number of carbonyl (C=O) groups is 1. The highest BCUT2D eigenvalue weighted by Crippen LogP contribution is 2.35. The van der Waals surface area contributed by atoms with Crippen molar-refractivity contribution in [1.82, 2.24) is 10.2 Å². The number of carbonyl (C=O) groups excluding carboxylic acids is 1. The van der Waals surface area contributed by atoms with E-state index in [0.29, 0.717) is 5.92 Å². The van der Waals surface area contributed by atoms with E-state index >= 15 is 0 Å². The van der Waals surface area contributed by atoms with E-state index in [9.17, 15) is 4.79 Å². The van der Waals surface area contributed by atoms with Gasteiger partial charge in [0.1, 0.15) is 0 Å². The molecule has 1 amide bonds. The van der Waals surface area contributed by atoms with Crippen molar-refractivity contribution in [3.05, 3.63) is 35.9 Å². The quantitative estimate of drug-likeness (QED) is 0.916. The molecule has 3 heteroatoms. The van der Waals surface area contributed by atoms with Crippen molar-refractivity contribution in [1.29, 1.82) is 0 Å². The fourth-order valence-corrected chi connectivity index (χ4v) is 3.75. The van der Waals surface area contributed by atoms with E-state index in [1.54, 1.807) is 0 Å². The number of amides is 1. The smallest absolute Gasteiger partial charge is 0.227 e. The molecule has 2 bridgehead atoms. The molecule has 0 aliphatic carbocycles. The summed E-state index contributed by atoms with van der Waals surface area (Å²) in [5.41, 5.74) is 1.05. The standard InChI is InChI=1S/C17H24N2O/c1-13(14-6-4-3-5-7-14)16(20)18-17(2)12-19-10-8-15(17)9-11-19/h3-7,13,15H,8-12H2,1-2H3,(H,18,20). The molecule has 108 valence electrons. The van der Waals surface area contributed by atoms with E-state index in [-0.39, 0.29) is 17.4 Å². The molecule has 0 saturated carbocycles. The van der Waals surface area contributed by atoms with Crippen molar-refractivity contribution in [2.24, 2.45) is 5.92 Å². The van der Waals surface area contributed by atoms with Crippen LogP contribution in [0.25, 0.3) is 0 Å². The maximum Gasteiger partial charge on any atom is 0.227 e. The van der Waals surface area contributed by atoms with Gasteiger partial charge in [-0.05, 0) is 51.3 Å². The van der Waals surface area contributed by atoms with Crippen molar-refractivity contribution in [2.75, 3.05) is 19.6 Å². The van der Waals surface area contributed by atoms with Crippen molar-refractivity contribution >= 4 is 5.91 Å². The number of fused-ring (bicyclic) bond motifs is 3. The van der Waals surface area contributed by atoms with Crippen LogP contribution in [0.4, 0.5) is 0 Å². The van der Waals surface area contributed by atoms with E-state index < -0.39 is 0 Å². The van der Waals surface area contributed by atoms with Crippen molar-refractivity contribution < 1.29 is 4.79 Å². The highest BCUT2D eigenvalue weighted by atomic mass is 16.2. The molecular formula is C17H24N2O. The molecule has 0 spiro atoms. The maximum absolute atomic E-state index is 12.6. The largest absolute Gasteiger partial charge is 0.349 e. The van der Waals surface area contributed by atoms with E-state index in [1.165, 1.54) is 25.9 Å². The number of benzene rings is 1. The first-order valence-electron chi connectivity index (χ1n) is 7.68. The summed E-state index contributed by atoms with van der Waals surface area (Å²) >= 11 is 0. The molecule has 1 aromatic rings. The van der Waals surface area contributed by atoms with Crippen LogP contribution in [0, 0.1) is 5.92 Å². The third-order valence-electron chi connectivity index (χ3n) is 5.14. The molecule has 0 aromatic heterocycles. The van der Waals surface area contributed by atoms with Gasteiger partial charge in [0.25, 0.3) is 0 Å². The van der Waals surface area contributed by atoms with Gasteiger partial charge in [0.15, 0.2) is 0 Å². The molecule has 3 saturated heterocycles. The molecule has 2 unspecified atom stereocenters. The van der Waals surface area contributed by atoms with Crippen LogP contribution in [0.2, 0.25) is 0 Å². The average molecular weight is 272 g/mol.